The number of carbonyl (C=O) groups excluding carboxylic acids is 1. The molecule has 0 atom stereocenters. The predicted octanol–water partition coefficient (Wildman–Crippen LogP) is 1.77. The molecule has 2 aromatic rings. The van der Waals surface area contributed by atoms with Crippen LogP contribution in [-0.2, 0) is 24.1 Å². The Labute approximate surface area is 134 Å². The van der Waals surface area contributed by atoms with Crippen LogP contribution in [0.25, 0.3) is 0 Å². The summed E-state index contributed by atoms with van der Waals surface area (Å²) < 4.78 is 0. The second-order valence-electron chi connectivity index (χ2n) is 5.65. The van der Waals surface area contributed by atoms with Gasteiger partial charge in [0, 0.05) is 44.0 Å². The summed E-state index contributed by atoms with van der Waals surface area (Å²) in [6.07, 6.45) is 3.74. The first-order valence-electron chi connectivity index (χ1n) is 7.45. The highest BCUT2D eigenvalue weighted by Crippen LogP contribution is 2.22. The van der Waals surface area contributed by atoms with Crippen molar-refractivity contribution in [1.29, 1.82) is 0 Å². The molecule has 22 heavy (non-hydrogen) atoms. The number of nitrogens with zero attached hydrogens (tertiary/aromatic N) is 4. The van der Waals surface area contributed by atoms with Gasteiger partial charge >= 0.3 is 0 Å². The maximum absolute atomic E-state index is 12.5. The van der Waals surface area contributed by atoms with Crippen molar-refractivity contribution >= 4 is 23.1 Å². The lowest BCUT2D eigenvalue weighted by Gasteiger charge is -2.20. The largest absolute Gasteiger partial charge is 0.362 e. The Hall–Kier alpha value is -1.95. The molecule has 0 saturated heterocycles. The molecule has 0 aliphatic carbocycles. The van der Waals surface area contributed by atoms with Gasteiger partial charge in [-0.2, -0.15) is 0 Å². The van der Waals surface area contributed by atoms with E-state index in [2.05, 4.69) is 9.97 Å². The molecule has 0 fully saturated rings. The average molecular weight is 316 g/mol. The van der Waals surface area contributed by atoms with E-state index in [1.165, 1.54) is 5.56 Å². The number of thiophene rings is 1. The minimum Gasteiger partial charge on any atom is -0.362 e. The van der Waals surface area contributed by atoms with E-state index in [0.29, 0.717) is 6.42 Å². The zero-order valence-corrected chi connectivity index (χ0v) is 13.8. The van der Waals surface area contributed by atoms with Gasteiger partial charge in [-0.1, -0.05) is 6.07 Å². The molecule has 1 aliphatic rings. The lowest BCUT2D eigenvalue weighted by Crippen LogP contribution is -2.34. The van der Waals surface area contributed by atoms with E-state index in [0.717, 1.165) is 42.3 Å². The first kappa shape index (κ1) is 15.0. The van der Waals surface area contributed by atoms with Crippen LogP contribution >= 0.6 is 11.3 Å². The highest BCUT2D eigenvalue weighted by atomic mass is 32.1. The number of hydrogen-bond acceptors (Lipinski definition) is 5. The van der Waals surface area contributed by atoms with Gasteiger partial charge in [-0.05, 0) is 17.9 Å². The molecule has 0 aromatic carbocycles. The Balaban J connectivity index is 1.73. The summed E-state index contributed by atoms with van der Waals surface area (Å²) >= 11 is 1.64. The van der Waals surface area contributed by atoms with Crippen LogP contribution in [0.3, 0.4) is 0 Å². The van der Waals surface area contributed by atoms with Gasteiger partial charge in [-0.15, -0.1) is 11.3 Å². The first-order chi connectivity index (χ1) is 10.6. The van der Waals surface area contributed by atoms with Crippen molar-refractivity contribution in [2.75, 3.05) is 32.1 Å². The molecule has 2 aromatic heterocycles. The average Bonchev–Trinajstić information content (AvgIpc) is 2.90. The predicted molar refractivity (Wildman–Crippen MR) is 88.4 cm³/mol. The van der Waals surface area contributed by atoms with Gasteiger partial charge in [0.05, 0.1) is 12.1 Å². The molecule has 0 N–H and O–H groups in total. The van der Waals surface area contributed by atoms with Gasteiger partial charge in [0.15, 0.2) is 0 Å². The summed E-state index contributed by atoms with van der Waals surface area (Å²) in [4.78, 5) is 26.4. The fraction of sp³-hybridized carbons (Fsp3) is 0.438. The summed E-state index contributed by atoms with van der Waals surface area (Å²) in [6.45, 7) is 1.48. The molecule has 1 aliphatic heterocycles. The maximum Gasteiger partial charge on any atom is 0.227 e. The van der Waals surface area contributed by atoms with Crippen molar-refractivity contribution in [3.8, 4) is 0 Å². The van der Waals surface area contributed by atoms with Crippen LogP contribution in [0, 0.1) is 0 Å². The molecule has 0 saturated carbocycles. The Morgan fingerprint density at radius 3 is 2.86 bits per heavy atom. The minimum atomic E-state index is 0.203. The molecule has 3 heterocycles. The number of amides is 1. The fourth-order valence-corrected chi connectivity index (χ4v) is 3.51. The lowest BCUT2D eigenvalue weighted by molar-refractivity contribution is -0.130. The van der Waals surface area contributed by atoms with Crippen molar-refractivity contribution < 1.29 is 4.79 Å². The zero-order chi connectivity index (χ0) is 15.5. The standard InChI is InChI=1S/C16H20N4OS/c1-19(2)16-13-5-7-20(8-6-14(13)17-11-18-16)15(21)10-12-4-3-9-22-12/h3-4,9,11H,5-8,10H2,1-2H3. The van der Waals surface area contributed by atoms with Crippen LogP contribution in [-0.4, -0.2) is 48.0 Å². The normalized spacial score (nSPS) is 14.4. The highest BCUT2D eigenvalue weighted by Gasteiger charge is 2.22. The second kappa shape index (κ2) is 6.44. The number of fused-ring (bicyclic) bond motifs is 1. The summed E-state index contributed by atoms with van der Waals surface area (Å²) in [5, 5.41) is 2.01. The number of anilines is 1. The first-order valence-corrected chi connectivity index (χ1v) is 8.33. The minimum absolute atomic E-state index is 0.203. The lowest BCUT2D eigenvalue weighted by atomic mass is 10.1. The van der Waals surface area contributed by atoms with E-state index in [1.807, 2.05) is 41.4 Å². The Kier molecular flexibility index (Phi) is 4.38. The van der Waals surface area contributed by atoms with Gasteiger partial charge in [0.25, 0.3) is 0 Å². The van der Waals surface area contributed by atoms with Crippen molar-refractivity contribution in [3.05, 3.63) is 40.0 Å². The van der Waals surface area contributed by atoms with Crippen LogP contribution in [0.1, 0.15) is 16.1 Å². The molecule has 0 spiro atoms. The number of carbonyl (C=O) groups is 1. The third kappa shape index (κ3) is 3.11. The van der Waals surface area contributed by atoms with E-state index >= 15 is 0 Å². The molecule has 1 amide bonds. The van der Waals surface area contributed by atoms with Crippen LogP contribution in [0.2, 0.25) is 0 Å². The number of aromatic nitrogens is 2. The fourth-order valence-electron chi connectivity index (χ4n) is 2.82. The molecule has 0 bridgehead atoms. The summed E-state index contributed by atoms with van der Waals surface area (Å²) in [7, 11) is 3.99. The van der Waals surface area contributed by atoms with E-state index in [1.54, 1.807) is 17.7 Å². The molecule has 6 heteroatoms. The molecule has 3 rings (SSSR count). The summed E-state index contributed by atoms with van der Waals surface area (Å²) in [6, 6.07) is 4.01. The van der Waals surface area contributed by atoms with E-state index in [9.17, 15) is 4.79 Å². The number of rotatable bonds is 3. The highest BCUT2D eigenvalue weighted by molar-refractivity contribution is 7.10. The zero-order valence-electron chi connectivity index (χ0n) is 13.0. The molecule has 5 nitrogen and oxygen atoms in total. The van der Waals surface area contributed by atoms with E-state index in [4.69, 9.17) is 0 Å². The Bertz CT molecular complexity index is 654. The SMILES string of the molecule is CN(C)c1ncnc2c1CCN(C(=O)Cc1cccs1)CC2. The molecular formula is C16H20N4OS. The van der Waals surface area contributed by atoms with Gasteiger partial charge in [-0.25, -0.2) is 9.97 Å². The van der Waals surface area contributed by atoms with Crippen LogP contribution in [0.5, 0.6) is 0 Å². The summed E-state index contributed by atoms with van der Waals surface area (Å²) in [5.74, 6) is 1.17. The van der Waals surface area contributed by atoms with E-state index in [-0.39, 0.29) is 5.91 Å². The van der Waals surface area contributed by atoms with Crippen LogP contribution < -0.4 is 4.90 Å². The smallest absolute Gasteiger partial charge is 0.227 e. The third-order valence-electron chi connectivity index (χ3n) is 3.94. The van der Waals surface area contributed by atoms with Gasteiger partial charge in [-0.3, -0.25) is 4.79 Å². The van der Waals surface area contributed by atoms with Crippen LogP contribution in [0.4, 0.5) is 5.82 Å². The van der Waals surface area contributed by atoms with Crippen molar-refractivity contribution in [2.45, 2.75) is 19.3 Å². The summed E-state index contributed by atoms with van der Waals surface area (Å²) in [5.41, 5.74) is 2.25. The molecule has 116 valence electrons. The van der Waals surface area contributed by atoms with E-state index < -0.39 is 0 Å². The quantitative estimate of drug-likeness (QED) is 0.866. The number of hydrogen-bond donors (Lipinski definition) is 0. The van der Waals surface area contributed by atoms with Crippen LogP contribution in [0.15, 0.2) is 23.8 Å². The van der Waals surface area contributed by atoms with Gasteiger partial charge < -0.3 is 9.80 Å². The molecular weight excluding hydrogens is 296 g/mol. The second-order valence-corrected chi connectivity index (χ2v) is 6.69. The van der Waals surface area contributed by atoms with Crippen molar-refractivity contribution in [1.82, 2.24) is 14.9 Å². The third-order valence-corrected chi connectivity index (χ3v) is 4.82. The van der Waals surface area contributed by atoms with Gasteiger partial charge in [0.1, 0.15) is 12.1 Å². The Morgan fingerprint density at radius 1 is 1.32 bits per heavy atom. The molecule has 0 radical (unpaired) electrons. The van der Waals surface area contributed by atoms with Crippen molar-refractivity contribution in [3.63, 3.8) is 0 Å². The maximum atomic E-state index is 12.5. The Morgan fingerprint density at radius 2 is 2.14 bits per heavy atom. The van der Waals surface area contributed by atoms with Crippen molar-refractivity contribution in [2.24, 2.45) is 0 Å². The molecule has 0 unspecified atom stereocenters. The monoisotopic (exact) mass is 316 g/mol. The topological polar surface area (TPSA) is 49.3 Å². The van der Waals surface area contributed by atoms with Gasteiger partial charge in [0.2, 0.25) is 5.91 Å².